The molecule has 1 aliphatic heterocycles. The molecule has 0 saturated heterocycles. The summed E-state index contributed by atoms with van der Waals surface area (Å²) in [7, 11) is 1.51. The second kappa shape index (κ2) is 9.67. The first kappa shape index (κ1) is 22.9. The molecule has 0 spiro atoms. The zero-order valence-corrected chi connectivity index (χ0v) is 19.5. The Hall–Kier alpha value is -3.31. The largest absolute Gasteiger partial charge is 0.493 e. The van der Waals surface area contributed by atoms with E-state index < -0.39 is 0 Å². The smallest absolute Gasteiger partial charge is 0.259 e. The molecule has 33 heavy (non-hydrogen) atoms. The van der Waals surface area contributed by atoms with Gasteiger partial charge in [0, 0.05) is 23.2 Å². The van der Waals surface area contributed by atoms with Crippen molar-refractivity contribution in [3.63, 3.8) is 0 Å². The van der Waals surface area contributed by atoms with Gasteiger partial charge in [-0.05, 0) is 41.8 Å². The fourth-order valence-corrected chi connectivity index (χ4v) is 4.16. The van der Waals surface area contributed by atoms with Crippen molar-refractivity contribution < 1.29 is 18.7 Å². The van der Waals surface area contributed by atoms with Crippen molar-refractivity contribution in [2.75, 3.05) is 18.6 Å². The number of amides is 1. The Labute approximate surface area is 198 Å². The van der Waals surface area contributed by atoms with Gasteiger partial charge in [0.15, 0.2) is 11.5 Å². The van der Waals surface area contributed by atoms with E-state index in [1.807, 2.05) is 35.2 Å². The predicted octanol–water partition coefficient (Wildman–Crippen LogP) is 6.61. The number of fused-ring (bicyclic) bond motifs is 1. The van der Waals surface area contributed by atoms with Crippen molar-refractivity contribution in [3.8, 4) is 11.5 Å². The fraction of sp³-hybridized carbons (Fsp3) is 0.222. The first-order valence-corrected chi connectivity index (χ1v) is 11.1. The molecule has 1 aliphatic rings. The molecule has 0 fully saturated rings. The highest BCUT2D eigenvalue weighted by Crippen LogP contribution is 2.41. The third kappa shape index (κ3) is 4.74. The number of halogens is 2. The number of hydrogen-bond acceptors (Lipinski definition) is 3. The minimum atomic E-state index is -0.349. The lowest BCUT2D eigenvalue weighted by atomic mass is 10.0. The first-order valence-electron chi connectivity index (χ1n) is 10.8. The number of benzene rings is 3. The van der Waals surface area contributed by atoms with Crippen molar-refractivity contribution in [1.82, 2.24) is 0 Å². The molecule has 0 atom stereocenters. The Morgan fingerprint density at radius 3 is 2.55 bits per heavy atom. The van der Waals surface area contributed by atoms with Crippen molar-refractivity contribution in [2.24, 2.45) is 5.92 Å². The van der Waals surface area contributed by atoms with Crippen LogP contribution in [0.3, 0.4) is 0 Å². The van der Waals surface area contributed by atoms with Gasteiger partial charge in [0.1, 0.15) is 12.4 Å². The van der Waals surface area contributed by atoms with Crippen molar-refractivity contribution in [2.45, 2.75) is 20.5 Å². The molecule has 0 aromatic heterocycles. The number of carbonyl (C=O) groups is 1. The summed E-state index contributed by atoms with van der Waals surface area (Å²) in [6.07, 6.45) is 1.82. The minimum absolute atomic E-state index is 0.0131. The van der Waals surface area contributed by atoms with Crippen molar-refractivity contribution in [1.29, 1.82) is 0 Å². The normalized spacial score (nSPS) is 14.2. The van der Waals surface area contributed by atoms with Gasteiger partial charge >= 0.3 is 0 Å². The average molecular weight is 466 g/mol. The molecule has 1 amide bonds. The van der Waals surface area contributed by atoms with E-state index in [-0.39, 0.29) is 18.3 Å². The monoisotopic (exact) mass is 465 g/mol. The van der Waals surface area contributed by atoms with Crippen LogP contribution in [0.1, 0.15) is 30.5 Å². The Bertz CT molecular complexity index is 1220. The third-order valence-electron chi connectivity index (χ3n) is 5.40. The lowest BCUT2D eigenvalue weighted by molar-refractivity contribution is -0.113. The molecule has 0 aliphatic carbocycles. The van der Waals surface area contributed by atoms with Crippen LogP contribution in [0.25, 0.3) is 11.6 Å². The van der Waals surface area contributed by atoms with Crippen LogP contribution in [0.4, 0.5) is 10.1 Å². The van der Waals surface area contributed by atoms with E-state index >= 15 is 0 Å². The first-order chi connectivity index (χ1) is 15.9. The van der Waals surface area contributed by atoms with Gasteiger partial charge in [0.25, 0.3) is 5.91 Å². The Morgan fingerprint density at radius 2 is 1.82 bits per heavy atom. The second-order valence-electron chi connectivity index (χ2n) is 8.30. The van der Waals surface area contributed by atoms with E-state index in [1.54, 1.807) is 30.3 Å². The lowest BCUT2D eigenvalue weighted by Gasteiger charge is -2.19. The maximum absolute atomic E-state index is 13.9. The van der Waals surface area contributed by atoms with E-state index in [0.717, 1.165) is 11.3 Å². The molecule has 0 radical (unpaired) electrons. The van der Waals surface area contributed by atoms with Gasteiger partial charge in [-0.3, -0.25) is 4.79 Å². The van der Waals surface area contributed by atoms with E-state index in [1.165, 1.54) is 13.2 Å². The number of methoxy groups -OCH3 is 1. The van der Waals surface area contributed by atoms with Crippen LogP contribution in [0.2, 0.25) is 5.02 Å². The van der Waals surface area contributed by atoms with Crippen molar-refractivity contribution in [3.05, 3.63) is 88.2 Å². The Balaban J connectivity index is 1.67. The number of anilines is 1. The summed E-state index contributed by atoms with van der Waals surface area (Å²) in [6.45, 7) is 4.82. The summed E-state index contributed by atoms with van der Waals surface area (Å²) in [5, 5.41) is 0.315. The number of para-hydroxylation sites is 1. The molecule has 0 saturated carbocycles. The van der Waals surface area contributed by atoms with E-state index in [0.29, 0.717) is 45.7 Å². The van der Waals surface area contributed by atoms with E-state index in [4.69, 9.17) is 21.1 Å². The van der Waals surface area contributed by atoms with Gasteiger partial charge in [0.05, 0.1) is 17.8 Å². The van der Waals surface area contributed by atoms with Gasteiger partial charge in [0.2, 0.25) is 0 Å². The third-order valence-corrected chi connectivity index (χ3v) is 5.68. The van der Waals surface area contributed by atoms with Crippen LogP contribution in [-0.2, 0) is 11.4 Å². The van der Waals surface area contributed by atoms with E-state index in [2.05, 4.69) is 13.8 Å². The van der Waals surface area contributed by atoms with Gasteiger partial charge in [-0.25, -0.2) is 4.39 Å². The standard InChI is InChI=1S/C27H25ClFNO3/c1-17(2)15-30-24-11-7-5-9-20(24)21(27(30)31)12-18-13-22(28)26(25(14-18)32-3)33-16-19-8-4-6-10-23(19)29/h4-14,17H,15-16H2,1-3H3/b21-12-. The maximum atomic E-state index is 13.9. The molecule has 0 bridgehead atoms. The fourth-order valence-electron chi connectivity index (χ4n) is 3.89. The molecular weight excluding hydrogens is 441 g/mol. The topological polar surface area (TPSA) is 38.8 Å². The summed E-state index contributed by atoms with van der Waals surface area (Å²) in [5.41, 5.74) is 3.52. The van der Waals surface area contributed by atoms with Crippen LogP contribution in [0.15, 0.2) is 60.7 Å². The number of nitrogens with zero attached hydrogens (tertiary/aromatic N) is 1. The molecule has 4 rings (SSSR count). The van der Waals surface area contributed by atoms with Crippen molar-refractivity contribution >= 4 is 34.8 Å². The Morgan fingerprint density at radius 1 is 1.09 bits per heavy atom. The predicted molar refractivity (Wildman–Crippen MR) is 130 cm³/mol. The second-order valence-corrected chi connectivity index (χ2v) is 8.71. The summed E-state index contributed by atoms with van der Waals surface area (Å²) < 4.78 is 25.2. The number of ether oxygens (including phenoxy) is 2. The van der Waals surface area contributed by atoms with E-state index in [9.17, 15) is 9.18 Å². The lowest BCUT2D eigenvalue weighted by Crippen LogP contribution is -2.30. The summed E-state index contributed by atoms with van der Waals surface area (Å²) in [6, 6.07) is 17.6. The highest BCUT2D eigenvalue weighted by atomic mass is 35.5. The van der Waals surface area contributed by atoms with Gasteiger partial charge in [-0.2, -0.15) is 0 Å². The van der Waals surface area contributed by atoms with Crippen LogP contribution < -0.4 is 14.4 Å². The molecule has 0 unspecified atom stereocenters. The molecule has 170 valence electrons. The summed E-state index contributed by atoms with van der Waals surface area (Å²) >= 11 is 6.52. The van der Waals surface area contributed by atoms with Crippen LogP contribution >= 0.6 is 11.6 Å². The summed E-state index contributed by atoms with van der Waals surface area (Å²) in [5.74, 6) is 0.674. The highest BCUT2D eigenvalue weighted by Gasteiger charge is 2.32. The van der Waals surface area contributed by atoms with Crippen LogP contribution in [0, 0.1) is 11.7 Å². The number of hydrogen-bond donors (Lipinski definition) is 0. The Kier molecular flexibility index (Phi) is 6.70. The van der Waals surface area contributed by atoms with Gasteiger partial charge in [-0.1, -0.05) is 61.8 Å². The van der Waals surface area contributed by atoms with Gasteiger partial charge < -0.3 is 14.4 Å². The summed E-state index contributed by atoms with van der Waals surface area (Å²) in [4.78, 5) is 15.0. The average Bonchev–Trinajstić information content (AvgIpc) is 3.04. The molecule has 4 nitrogen and oxygen atoms in total. The van der Waals surface area contributed by atoms with Crippen LogP contribution in [-0.4, -0.2) is 19.6 Å². The molecule has 3 aromatic rings. The molecule has 3 aromatic carbocycles. The zero-order valence-electron chi connectivity index (χ0n) is 18.8. The highest BCUT2D eigenvalue weighted by molar-refractivity contribution is 6.36. The molecule has 1 heterocycles. The quantitative estimate of drug-likeness (QED) is 0.368. The molecule has 6 heteroatoms. The minimum Gasteiger partial charge on any atom is -0.493 e. The molecule has 0 N–H and O–H groups in total. The number of rotatable bonds is 7. The van der Waals surface area contributed by atoms with Crippen LogP contribution in [0.5, 0.6) is 11.5 Å². The molecular formula is C27H25ClFNO3. The SMILES string of the molecule is COc1cc(/C=C2\C(=O)N(CC(C)C)c3ccccc32)cc(Cl)c1OCc1ccccc1F. The van der Waals surface area contributed by atoms with Gasteiger partial charge in [-0.15, -0.1) is 0 Å². The number of carbonyl (C=O) groups excluding carboxylic acids is 1. The maximum Gasteiger partial charge on any atom is 0.259 e. The zero-order chi connectivity index (χ0) is 23.5.